The number of hydrogen-bond acceptors (Lipinski definition) is 7. The van der Waals surface area contributed by atoms with Crippen molar-refractivity contribution in [2.45, 2.75) is 12.5 Å². The smallest absolute Gasteiger partial charge is 0.261 e. The van der Waals surface area contributed by atoms with Gasteiger partial charge < -0.3 is 13.8 Å². The largest absolute Gasteiger partial charge is 0.461 e. The normalized spacial score (nSPS) is 14.4. The van der Waals surface area contributed by atoms with Gasteiger partial charge in [0.05, 0.1) is 29.4 Å². The maximum atomic E-state index is 12.5. The first kappa shape index (κ1) is 16.4. The van der Waals surface area contributed by atoms with Crippen molar-refractivity contribution in [3.63, 3.8) is 0 Å². The van der Waals surface area contributed by atoms with E-state index in [0.29, 0.717) is 41.5 Å². The number of hydrogen-bond donors (Lipinski definition) is 0. The zero-order chi connectivity index (χ0) is 19.1. The number of rotatable bonds is 4. The van der Waals surface area contributed by atoms with Gasteiger partial charge in [-0.25, -0.2) is 4.98 Å². The molecule has 0 aliphatic carbocycles. The van der Waals surface area contributed by atoms with Crippen LogP contribution in [0.4, 0.5) is 0 Å². The van der Waals surface area contributed by atoms with E-state index in [1.807, 2.05) is 6.07 Å². The van der Waals surface area contributed by atoms with E-state index in [-0.39, 0.29) is 23.9 Å². The molecule has 1 aromatic carbocycles. The molecular formula is C19H15N5O4. The highest BCUT2D eigenvalue weighted by molar-refractivity contribution is 5.79. The number of furan rings is 1. The minimum Gasteiger partial charge on any atom is -0.461 e. The highest BCUT2D eigenvalue weighted by Crippen LogP contribution is 2.27. The maximum Gasteiger partial charge on any atom is 0.261 e. The van der Waals surface area contributed by atoms with Crippen molar-refractivity contribution in [1.82, 2.24) is 24.6 Å². The summed E-state index contributed by atoms with van der Waals surface area (Å²) >= 11 is 0. The molecule has 0 bridgehead atoms. The van der Waals surface area contributed by atoms with Crippen LogP contribution in [-0.4, -0.2) is 43.6 Å². The topological polar surface area (TPSA) is 107 Å². The van der Waals surface area contributed by atoms with Crippen molar-refractivity contribution in [3.8, 4) is 11.6 Å². The van der Waals surface area contributed by atoms with Gasteiger partial charge in [0.2, 0.25) is 17.6 Å². The van der Waals surface area contributed by atoms with Crippen molar-refractivity contribution in [2.24, 2.45) is 0 Å². The zero-order valence-corrected chi connectivity index (χ0v) is 14.7. The van der Waals surface area contributed by atoms with Crippen LogP contribution < -0.4 is 5.56 Å². The van der Waals surface area contributed by atoms with Crippen LogP contribution >= 0.6 is 0 Å². The van der Waals surface area contributed by atoms with E-state index in [0.717, 1.165) is 0 Å². The van der Waals surface area contributed by atoms with Gasteiger partial charge in [-0.3, -0.25) is 14.2 Å². The fourth-order valence-corrected chi connectivity index (χ4v) is 3.21. The van der Waals surface area contributed by atoms with Crippen LogP contribution in [-0.2, 0) is 11.3 Å². The van der Waals surface area contributed by atoms with Gasteiger partial charge in [-0.1, -0.05) is 17.3 Å². The monoisotopic (exact) mass is 377 g/mol. The molecule has 9 nitrogen and oxygen atoms in total. The van der Waals surface area contributed by atoms with Gasteiger partial charge in [0.1, 0.15) is 6.54 Å². The van der Waals surface area contributed by atoms with Crippen LogP contribution in [0.1, 0.15) is 11.8 Å². The third kappa shape index (κ3) is 2.77. The van der Waals surface area contributed by atoms with Crippen LogP contribution in [0.2, 0.25) is 0 Å². The number of carbonyl (C=O) groups excluding carboxylic acids is 1. The summed E-state index contributed by atoms with van der Waals surface area (Å²) in [6.45, 7) is 0.883. The van der Waals surface area contributed by atoms with Crippen molar-refractivity contribution >= 4 is 16.8 Å². The lowest BCUT2D eigenvalue weighted by Crippen LogP contribution is -2.50. The minimum absolute atomic E-state index is 0.0217. The molecule has 0 spiro atoms. The maximum absolute atomic E-state index is 12.5. The molecule has 5 rings (SSSR count). The van der Waals surface area contributed by atoms with E-state index in [1.54, 1.807) is 41.5 Å². The van der Waals surface area contributed by atoms with E-state index in [1.165, 1.54) is 10.9 Å². The fourth-order valence-electron chi connectivity index (χ4n) is 3.21. The number of nitrogens with zero attached hydrogens (tertiary/aromatic N) is 5. The molecule has 1 amide bonds. The molecule has 0 atom stereocenters. The summed E-state index contributed by atoms with van der Waals surface area (Å²) in [5.41, 5.74) is 0.389. The van der Waals surface area contributed by atoms with Crippen molar-refractivity contribution in [3.05, 3.63) is 65.2 Å². The van der Waals surface area contributed by atoms with Gasteiger partial charge in [-0.05, 0) is 24.3 Å². The lowest BCUT2D eigenvalue weighted by molar-refractivity contribution is -0.136. The average Bonchev–Trinajstić information content (AvgIpc) is 3.35. The third-order valence-corrected chi connectivity index (χ3v) is 4.80. The molecule has 9 heteroatoms. The second-order valence-electron chi connectivity index (χ2n) is 6.62. The van der Waals surface area contributed by atoms with Gasteiger partial charge in [0, 0.05) is 13.1 Å². The van der Waals surface area contributed by atoms with Crippen molar-refractivity contribution in [2.75, 3.05) is 13.1 Å². The predicted octanol–water partition coefficient (Wildman–Crippen LogP) is 1.67. The number of para-hydroxylation sites is 1. The Labute approximate surface area is 158 Å². The summed E-state index contributed by atoms with van der Waals surface area (Å²) in [6, 6.07) is 10.6. The second-order valence-corrected chi connectivity index (χ2v) is 6.62. The summed E-state index contributed by atoms with van der Waals surface area (Å²) in [5.74, 6) is 1.22. The molecule has 1 saturated heterocycles. The van der Waals surface area contributed by atoms with Gasteiger partial charge in [0.25, 0.3) is 5.56 Å². The van der Waals surface area contributed by atoms with E-state index in [4.69, 9.17) is 8.94 Å². The Balaban J connectivity index is 1.25. The molecule has 0 N–H and O–H groups in total. The second kappa shape index (κ2) is 6.45. The van der Waals surface area contributed by atoms with Crippen LogP contribution in [0, 0.1) is 0 Å². The number of carbonyl (C=O) groups is 1. The average molecular weight is 377 g/mol. The Morgan fingerprint density at radius 2 is 2.04 bits per heavy atom. The van der Waals surface area contributed by atoms with Gasteiger partial charge >= 0.3 is 0 Å². The molecule has 0 unspecified atom stereocenters. The first-order chi connectivity index (χ1) is 13.7. The molecule has 4 aromatic rings. The Morgan fingerprint density at radius 1 is 1.18 bits per heavy atom. The predicted molar refractivity (Wildman–Crippen MR) is 97.3 cm³/mol. The molecule has 1 aliphatic rings. The van der Waals surface area contributed by atoms with Crippen LogP contribution in [0.3, 0.4) is 0 Å². The van der Waals surface area contributed by atoms with Crippen molar-refractivity contribution in [1.29, 1.82) is 0 Å². The van der Waals surface area contributed by atoms with Gasteiger partial charge in [-0.15, -0.1) is 0 Å². The summed E-state index contributed by atoms with van der Waals surface area (Å²) in [6.07, 6.45) is 2.95. The van der Waals surface area contributed by atoms with Gasteiger partial charge in [0.15, 0.2) is 5.76 Å². The summed E-state index contributed by atoms with van der Waals surface area (Å²) < 4.78 is 11.9. The lowest BCUT2D eigenvalue weighted by atomic mass is 10.00. The molecule has 0 saturated carbocycles. The Kier molecular flexibility index (Phi) is 3.78. The zero-order valence-electron chi connectivity index (χ0n) is 14.7. The van der Waals surface area contributed by atoms with E-state index in [2.05, 4.69) is 15.1 Å². The molecule has 4 heterocycles. The van der Waals surface area contributed by atoms with E-state index in [9.17, 15) is 9.59 Å². The number of amides is 1. The number of fused-ring (bicyclic) bond motifs is 1. The molecule has 3 aromatic heterocycles. The summed E-state index contributed by atoms with van der Waals surface area (Å²) in [5, 5.41) is 4.40. The summed E-state index contributed by atoms with van der Waals surface area (Å²) in [7, 11) is 0. The minimum atomic E-state index is -0.226. The van der Waals surface area contributed by atoms with E-state index < -0.39 is 0 Å². The highest BCUT2D eigenvalue weighted by Gasteiger charge is 2.35. The molecule has 1 aliphatic heterocycles. The first-order valence-electron chi connectivity index (χ1n) is 8.78. The van der Waals surface area contributed by atoms with Gasteiger partial charge in [-0.2, -0.15) is 4.98 Å². The fraction of sp³-hybridized carbons (Fsp3) is 0.211. The Bertz CT molecular complexity index is 1200. The molecule has 1 fully saturated rings. The molecule has 28 heavy (non-hydrogen) atoms. The Morgan fingerprint density at radius 3 is 2.86 bits per heavy atom. The van der Waals surface area contributed by atoms with Crippen LogP contribution in [0.15, 0.2) is 62.7 Å². The molecule has 0 radical (unpaired) electrons. The number of aromatic nitrogens is 4. The number of likely N-dealkylation sites (tertiary alicyclic amines) is 1. The van der Waals surface area contributed by atoms with E-state index >= 15 is 0 Å². The SMILES string of the molecule is O=C(Cn1cnc2ccccc2c1=O)N1CC(c2nc(-c3ccco3)no2)C1. The lowest BCUT2D eigenvalue weighted by Gasteiger charge is -2.37. The quantitative estimate of drug-likeness (QED) is 0.532. The van der Waals surface area contributed by atoms with Crippen LogP contribution in [0.5, 0.6) is 0 Å². The Hall–Kier alpha value is -3.75. The summed E-state index contributed by atoms with van der Waals surface area (Å²) in [4.78, 5) is 35.2. The molecular weight excluding hydrogens is 362 g/mol. The molecule has 140 valence electrons. The van der Waals surface area contributed by atoms with Crippen molar-refractivity contribution < 1.29 is 13.7 Å². The number of benzene rings is 1. The first-order valence-corrected chi connectivity index (χ1v) is 8.78. The van der Waals surface area contributed by atoms with Crippen LogP contribution in [0.25, 0.3) is 22.5 Å². The standard InChI is InChI=1S/C19H15N5O4/c25-16(10-24-11-20-14-5-2-1-4-13(14)19(24)26)23-8-12(9-23)18-21-17(22-28-18)15-6-3-7-27-15/h1-7,11-12H,8-10H2. The highest BCUT2D eigenvalue weighted by atomic mass is 16.5. The third-order valence-electron chi connectivity index (χ3n) is 4.80.